The van der Waals surface area contributed by atoms with Crippen molar-refractivity contribution in [1.29, 1.82) is 5.26 Å². The Hall–Kier alpha value is -3.66. The fourth-order valence-electron chi connectivity index (χ4n) is 2.72. The van der Waals surface area contributed by atoms with Crippen LogP contribution in [0.5, 0.6) is 0 Å². The van der Waals surface area contributed by atoms with Gasteiger partial charge in [-0.25, -0.2) is 4.98 Å². The maximum Gasteiger partial charge on any atom is 0.416 e. The van der Waals surface area contributed by atoms with E-state index in [1.165, 1.54) is 19.1 Å². The lowest BCUT2D eigenvalue weighted by molar-refractivity contribution is -0.137. The molecule has 0 saturated heterocycles. The summed E-state index contributed by atoms with van der Waals surface area (Å²) in [5.41, 5.74) is 4.62. The van der Waals surface area contributed by atoms with Gasteiger partial charge in [0, 0.05) is 19.2 Å². The minimum atomic E-state index is -4.57. The molecule has 1 atom stereocenters. The molecule has 170 valence electrons. The zero-order valence-electron chi connectivity index (χ0n) is 16.8. The first kappa shape index (κ1) is 24.6. The molecule has 9 nitrogen and oxygen atoms in total. The predicted molar refractivity (Wildman–Crippen MR) is 114 cm³/mol. The molecule has 0 aliphatic carbocycles. The van der Waals surface area contributed by atoms with Crippen molar-refractivity contribution in [3.8, 4) is 6.07 Å². The van der Waals surface area contributed by atoms with E-state index in [0.717, 1.165) is 12.1 Å². The Morgan fingerprint density at radius 2 is 2.09 bits per heavy atom. The molecule has 0 saturated carbocycles. The fourth-order valence-corrected chi connectivity index (χ4v) is 2.97. The number of nitriles is 1. The van der Waals surface area contributed by atoms with Crippen molar-refractivity contribution in [2.75, 3.05) is 22.9 Å². The zero-order valence-corrected chi connectivity index (χ0v) is 17.7. The third kappa shape index (κ3) is 6.95. The van der Waals surface area contributed by atoms with Crippen LogP contribution in [-0.2, 0) is 15.8 Å². The number of nitrogens with two attached hydrogens (primary N) is 1. The molecular weight excluding hydrogens is 447 g/mol. The van der Waals surface area contributed by atoms with Crippen molar-refractivity contribution in [3.05, 3.63) is 40.0 Å². The second-order valence-electron chi connectivity index (χ2n) is 6.68. The van der Waals surface area contributed by atoms with Gasteiger partial charge in [-0.3, -0.25) is 9.59 Å². The average molecular weight is 467 g/mol. The molecule has 1 aromatic heterocycles. The molecule has 32 heavy (non-hydrogen) atoms. The summed E-state index contributed by atoms with van der Waals surface area (Å²) in [6, 6.07) is 5.05. The number of alkyl halides is 3. The molecule has 0 unspecified atom stereocenters. The number of nitrogens with zero attached hydrogens (tertiary/aromatic N) is 2. The van der Waals surface area contributed by atoms with E-state index < -0.39 is 23.7 Å². The molecule has 0 aliphatic heterocycles. The van der Waals surface area contributed by atoms with Gasteiger partial charge in [-0.1, -0.05) is 18.3 Å². The summed E-state index contributed by atoms with van der Waals surface area (Å²) in [6.45, 7) is 1.61. The average Bonchev–Trinajstić information content (AvgIpc) is 2.69. The number of anilines is 3. The number of carbonyl (C=O) groups is 2. The molecule has 1 aromatic carbocycles. The van der Waals surface area contributed by atoms with Crippen LogP contribution in [0.1, 0.15) is 30.9 Å². The molecule has 0 fully saturated rings. The number of H-pyrrole nitrogens is 1. The molecule has 2 aromatic rings. The Bertz CT molecular complexity index is 1100. The Balaban J connectivity index is 2.27. The SMILES string of the molecule is CC(=O)NCCC[C@H](Nc1[nH]c(N)nc(=S)c1C#N)C(=O)Nc1cccc(C(F)(F)F)c1. The van der Waals surface area contributed by atoms with Gasteiger partial charge in [0.2, 0.25) is 11.8 Å². The van der Waals surface area contributed by atoms with E-state index in [9.17, 15) is 28.0 Å². The van der Waals surface area contributed by atoms with Crippen molar-refractivity contribution < 1.29 is 22.8 Å². The van der Waals surface area contributed by atoms with Gasteiger partial charge >= 0.3 is 6.18 Å². The summed E-state index contributed by atoms with van der Waals surface area (Å²) in [6.07, 6.45) is -4.04. The third-order valence-corrected chi connectivity index (χ3v) is 4.48. The Labute approximate surface area is 186 Å². The first-order valence-corrected chi connectivity index (χ1v) is 9.71. The molecule has 0 aliphatic rings. The van der Waals surface area contributed by atoms with E-state index in [1.54, 1.807) is 0 Å². The Morgan fingerprint density at radius 1 is 1.38 bits per heavy atom. The van der Waals surface area contributed by atoms with E-state index in [4.69, 9.17) is 18.0 Å². The van der Waals surface area contributed by atoms with E-state index >= 15 is 0 Å². The number of aromatic amines is 1. The van der Waals surface area contributed by atoms with Crippen LogP contribution >= 0.6 is 12.2 Å². The number of nitrogens with one attached hydrogen (secondary N) is 4. The molecule has 0 spiro atoms. The van der Waals surface area contributed by atoms with Gasteiger partial charge in [0.1, 0.15) is 23.5 Å². The maximum absolute atomic E-state index is 13.0. The lowest BCUT2D eigenvalue weighted by Gasteiger charge is -2.20. The number of aromatic nitrogens is 2. The first-order valence-electron chi connectivity index (χ1n) is 9.30. The molecule has 2 amide bonds. The molecular formula is C19H20F3N7O2S. The maximum atomic E-state index is 13.0. The molecule has 0 radical (unpaired) electrons. The van der Waals surface area contributed by atoms with Gasteiger partial charge in [-0.05, 0) is 31.0 Å². The number of hydrogen-bond donors (Lipinski definition) is 5. The van der Waals surface area contributed by atoms with Crippen molar-refractivity contribution >= 4 is 41.5 Å². The summed E-state index contributed by atoms with van der Waals surface area (Å²) in [5, 5.41) is 17.2. The minimum Gasteiger partial charge on any atom is -0.369 e. The van der Waals surface area contributed by atoms with Crippen LogP contribution in [-0.4, -0.2) is 34.4 Å². The summed E-state index contributed by atoms with van der Waals surface area (Å²) in [4.78, 5) is 30.3. The van der Waals surface area contributed by atoms with Gasteiger partial charge in [-0.2, -0.15) is 18.4 Å². The summed E-state index contributed by atoms with van der Waals surface area (Å²) in [5.74, 6) is -0.952. The summed E-state index contributed by atoms with van der Waals surface area (Å²) < 4.78 is 38.8. The van der Waals surface area contributed by atoms with E-state index in [2.05, 4.69) is 25.9 Å². The van der Waals surface area contributed by atoms with Crippen LogP contribution in [0.2, 0.25) is 0 Å². The fraction of sp³-hybridized carbons (Fsp3) is 0.316. The first-order chi connectivity index (χ1) is 15.0. The number of halogens is 3. The molecule has 1 heterocycles. The highest BCUT2D eigenvalue weighted by molar-refractivity contribution is 7.71. The molecule has 0 bridgehead atoms. The molecule has 2 rings (SSSR count). The zero-order chi connectivity index (χ0) is 23.9. The van der Waals surface area contributed by atoms with Crippen molar-refractivity contribution in [2.24, 2.45) is 0 Å². The quantitative estimate of drug-likeness (QED) is 0.296. The number of carbonyl (C=O) groups excluding carboxylic acids is 2. The van der Waals surface area contributed by atoms with Crippen molar-refractivity contribution in [1.82, 2.24) is 15.3 Å². The van der Waals surface area contributed by atoms with Gasteiger partial charge in [-0.15, -0.1) is 0 Å². The second-order valence-corrected chi connectivity index (χ2v) is 7.07. The highest BCUT2D eigenvalue weighted by Gasteiger charge is 2.30. The minimum absolute atomic E-state index is 0.0482. The highest BCUT2D eigenvalue weighted by atomic mass is 32.1. The van der Waals surface area contributed by atoms with E-state index in [-0.39, 0.29) is 46.5 Å². The lowest BCUT2D eigenvalue weighted by Crippen LogP contribution is -2.36. The number of amides is 2. The number of hydrogen-bond acceptors (Lipinski definition) is 7. The summed E-state index contributed by atoms with van der Waals surface area (Å²) in [7, 11) is 0. The summed E-state index contributed by atoms with van der Waals surface area (Å²) >= 11 is 5.01. The number of benzene rings is 1. The molecule has 6 N–H and O–H groups in total. The predicted octanol–water partition coefficient (Wildman–Crippen LogP) is 2.95. The van der Waals surface area contributed by atoms with Crippen LogP contribution in [0.4, 0.5) is 30.6 Å². The Morgan fingerprint density at radius 3 is 2.72 bits per heavy atom. The monoisotopic (exact) mass is 467 g/mol. The smallest absolute Gasteiger partial charge is 0.369 e. The topological polar surface area (TPSA) is 149 Å². The van der Waals surface area contributed by atoms with Gasteiger partial charge in [0.15, 0.2) is 10.6 Å². The largest absolute Gasteiger partial charge is 0.416 e. The third-order valence-electron chi connectivity index (χ3n) is 4.19. The normalized spacial score (nSPS) is 11.8. The van der Waals surface area contributed by atoms with E-state index in [0.29, 0.717) is 6.42 Å². The van der Waals surface area contributed by atoms with Gasteiger partial charge in [0.05, 0.1) is 5.56 Å². The second kappa shape index (κ2) is 10.6. The highest BCUT2D eigenvalue weighted by Crippen LogP contribution is 2.30. The number of rotatable bonds is 8. The standard InChI is InChI=1S/C19H20F3N7O2S/c1-10(30)25-7-3-6-14(27-15-13(9-23)17(32)29-18(24)28-15)16(31)26-12-5-2-4-11(8-12)19(20,21)22/h2,4-5,8,14H,3,6-7H2,1H3,(H,25,30)(H,26,31)(H4,24,27,28,29,32)/t14-/m0/s1. The van der Waals surface area contributed by atoms with Crippen LogP contribution < -0.4 is 21.7 Å². The van der Waals surface area contributed by atoms with Crippen LogP contribution in [0.3, 0.4) is 0 Å². The van der Waals surface area contributed by atoms with Crippen molar-refractivity contribution in [3.63, 3.8) is 0 Å². The Kier molecular flexibility index (Phi) is 8.14. The number of nitrogen functional groups attached to an aromatic ring is 1. The van der Waals surface area contributed by atoms with Crippen LogP contribution in [0, 0.1) is 16.0 Å². The van der Waals surface area contributed by atoms with E-state index in [1.807, 2.05) is 6.07 Å². The molecule has 13 heteroatoms. The van der Waals surface area contributed by atoms with Gasteiger partial charge in [0.25, 0.3) is 0 Å². The van der Waals surface area contributed by atoms with Gasteiger partial charge < -0.3 is 26.7 Å². The van der Waals surface area contributed by atoms with Crippen LogP contribution in [0.15, 0.2) is 24.3 Å². The van der Waals surface area contributed by atoms with Crippen molar-refractivity contribution in [2.45, 2.75) is 32.0 Å². The van der Waals surface area contributed by atoms with Crippen LogP contribution in [0.25, 0.3) is 0 Å². The lowest BCUT2D eigenvalue weighted by atomic mass is 10.1.